The summed E-state index contributed by atoms with van der Waals surface area (Å²) in [6.07, 6.45) is 1.25. The molecule has 1 heterocycles. The highest BCUT2D eigenvalue weighted by Gasteiger charge is 2.30. The van der Waals surface area contributed by atoms with Crippen molar-refractivity contribution in [3.8, 4) is 0 Å². The van der Waals surface area contributed by atoms with E-state index >= 15 is 0 Å². The third-order valence-electron chi connectivity index (χ3n) is 3.63. The average molecular weight is 299 g/mol. The Morgan fingerprint density at radius 1 is 1.60 bits per heavy atom. The summed E-state index contributed by atoms with van der Waals surface area (Å²) in [5.41, 5.74) is 0.601. The zero-order valence-electron chi connectivity index (χ0n) is 11.1. The molecule has 0 bridgehead atoms. The van der Waals surface area contributed by atoms with Crippen molar-refractivity contribution in [2.45, 2.75) is 19.8 Å². The topological polar surface area (TPSA) is 52.9 Å². The van der Waals surface area contributed by atoms with E-state index in [-0.39, 0.29) is 16.5 Å². The number of carbonyl (C=O) groups excluding carboxylic acids is 1. The van der Waals surface area contributed by atoms with Crippen molar-refractivity contribution in [3.63, 3.8) is 0 Å². The SMILES string of the molecule is CCC1CN(C(=O)c2c(F)cccc2Cl)CC/C1=N\O. The number of nitrogens with zero attached hydrogens (tertiary/aromatic N) is 2. The van der Waals surface area contributed by atoms with Gasteiger partial charge in [-0.15, -0.1) is 0 Å². The number of hydrogen-bond acceptors (Lipinski definition) is 3. The molecule has 1 fully saturated rings. The predicted octanol–water partition coefficient (Wildman–Crippen LogP) is 3.18. The molecule has 1 aliphatic heterocycles. The van der Waals surface area contributed by atoms with Crippen LogP contribution in [0.4, 0.5) is 4.39 Å². The predicted molar refractivity (Wildman–Crippen MR) is 74.9 cm³/mol. The minimum Gasteiger partial charge on any atom is -0.411 e. The van der Waals surface area contributed by atoms with Gasteiger partial charge in [-0.1, -0.05) is 29.7 Å². The summed E-state index contributed by atoms with van der Waals surface area (Å²) in [7, 11) is 0. The van der Waals surface area contributed by atoms with Crippen LogP contribution in [-0.4, -0.2) is 34.8 Å². The van der Waals surface area contributed by atoms with Gasteiger partial charge in [0, 0.05) is 25.4 Å². The van der Waals surface area contributed by atoms with E-state index < -0.39 is 11.7 Å². The maximum atomic E-state index is 13.8. The second-order valence-corrected chi connectivity index (χ2v) is 5.20. The van der Waals surface area contributed by atoms with Gasteiger partial charge in [-0.3, -0.25) is 4.79 Å². The Labute approximate surface area is 121 Å². The molecule has 1 aromatic rings. The van der Waals surface area contributed by atoms with Crippen LogP contribution in [0.25, 0.3) is 0 Å². The molecule has 1 amide bonds. The van der Waals surface area contributed by atoms with Crippen molar-refractivity contribution in [2.75, 3.05) is 13.1 Å². The smallest absolute Gasteiger partial charge is 0.258 e. The summed E-state index contributed by atoms with van der Waals surface area (Å²) in [5.74, 6) is -1.02. The maximum Gasteiger partial charge on any atom is 0.258 e. The number of likely N-dealkylation sites (tertiary alicyclic amines) is 1. The molecule has 1 aliphatic rings. The number of rotatable bonds is 2. The van der Waals surface area contributed by atoms with E-state index in [1.54, 1.807) is 4.90 Å². The van der Waals surface area contributed by atoms with E-state index in [1.807, 2.05) is 6.92 Å². The minimum absolute atomic E-state index is 0.00301. The molecule has 20 heavy (non-hydrogen) atoms. The molecule has 6 heteroatoms. The average Bonchev–Trinajstić information content (AvgIpc) is 2.46. The van der Waals surface area contributed by atoms with Gasteiger partial charge in [0.15, 0.2) is 0 Å². The van der Waals surface area contributed by atoms with Gasteiger partial charge in [0.05, 0.1) is 16.3 Å². The van der Waals surface area contributed by atoms with Crippen molar-refractivity contribution in [3.05, 3.63) is 34.6 Å². The second kappa shape index (κ2) is 6.22. The zero-order valence-corrected chi connectivity index (χ0v) is 11.9. The third-order valence-corrected chi connectivity index (χ3v) is 3.95. The minimum atomic E-state index is -0.614. The van der Waals surface area contributed by atoms with Crippen LogP contribution in [0.5, 0.6) is 0 Å². The summed E-state index contributed by atoms with van der Waals surface area (Å²) in [5, 5.41) is 12.3. The number of hydrogen-bond donors (Lipinski definition) is 1. The first-order chi connectivity index (χ1) is 9.58. The number of benzene rings is 1. The molecule has 1 saturated heterocycles. The lowest BCUT2D eigenvalue weighted by molar-refractivity contribution is 0.0724. The second-order valence-electron chi connectivity index (χ2n) is 4.79. The lowest BCUT2D eigenvalue weighted by atomic mass is 9.93. The Morgan fingerprint density at radius 2 is 2.35 bits per heavy atom. The Morgan fingerprint density at radius 3 is 2.95 bits per heavy atom. The summed E-state index contributed by atoms with van der Waals surface area (Å²) < 4.78 is 13.8. The molecular formula is C14H16ClFN2O2. The van der Waals surface area contributed by atoms with E-state index in [9.17, 15) is 9.18 Å². The lowest BCUT2D eigenvalue weighted by Crippen LogP contribution is -2.44. The molecule has 1 N–H and O–H groups in total. The third kappa shape index (κ3) is 2.77. The van der Waals surface area contributed by atoms with Crippen LogP contribution in [0.1, 0.15) is 30.1 Å². The standard InChI is InChI=1S/C14H16ClFN2O2/c1-2-9-8-18(7-6-12(9)17-20)14(19)13-10(15)4-3-5-11(13)16/h3-5,9,20H,2,6-8H2,1H3/b17-12+. The van der Waals surface area contributed by atoms with E-state index in [0.29, 0.717) is 25.2 Å². The molecule has 0 radical (unpaired) electrons. The van der Waals surface area contributed by atoms with Crippen molar-refractivity contribution >= 4 is 23.2 Å². The van der Waals surface area contributed by atoms with Crippen LogP contribution in [0.2, 0.25) is 5.02 Å². The summed E-state index contributed by atoms with van der Waals surface area (Å²) >= 11 is 5.92. The molecule has 0 aliphatic carbocycles. The van der Waals surface area contributed by atoms with Crippen molar-refractivity contribution in [1.29, 1.82) is 0 Å². The Bertz CT molecular complexity index is 528. The highest BCUT2D eigenvalue weighted by Crippen LogP contribution is 2.24. The van der Waals surface area contributed by atoms with E-state index in [1.165, 1.54) is 18.2 Å². The quantitative estimate of drug-likeness (QED) is 0.673. The van der Waals surface area contributed by atoms with Crippen LogP contribution in [-0.2, 0) is 0 Å². The lowest BCUT2D eigenvalue weighted by Gasteiger charge is -2.33. The molecule has 0 spiro atoms. The van der Waals surface area contributed by atoms with Gasteiger partial charge in [0.1, 0.15) is 5.82 Å². The number of oxime groups is 1. The molecular weight excluding hydrogens is 283 g/mol. The van der Waals surface area contributed by atoms with Crippen LogP contribution < -0.4 is 0 Å². The first kappa shape index (κ1) is 14.8. The van der Waals surface area contributed by atoms with Crippen molar-refractivity contribution in [1.82, 2.24) is 4.90 Å². The number of halogens is 2. The summed E-state index contributed by atoms with van der Waals surface area (Å²) in [6.45, 7) is 2.78. The summed E-state index contributed by atoms with van der Waals surface area (Å²) in [4.78, 5) is 14.0. The molecule has 108 valence electrons. The first-order valence-corrected chi connectivity index (χ1v) is 6.90. The van der Waals surface area contributed by atoms with Crippen LogP contribution in [0, 0.1) is 11.7 Å². The maximum absolute atomic E-state index is 13.8. The van der Waals surface area contributed by atoms with Crippen LogP contribution >= 0.6 is 11.6 Å². The molecule has 0 saturated carbocycles. The molecule has 1 atom stereocenters. The first-order valence-electron chi connectivity index (χ1n) is 6.52. The number of piperidine rings is 1. The Hall–Kier alpha value is -1.62. The van der Waals surface area contributed by atoms with E-state index in [4.69, 9.17) is 16.8 Å². The fraction of sp³-hybridized carbons (Fsp3) is 0.429. The van der Waals surface area contributed by atoms with Crippen molar-refractivity contribution in [2.24, 2.45) is 11.1 Å². The molecule has 0 aromatic heterocycles. The van der Waals surface area contributed by atoms with Gasteiger partial charge >= 0.3 is 0 Å². The Kier molecular flexibility index (Phi) is 4.60. The van der Waals surface area contributed by atoms with Gasteiger partial charge in [-0.05, 0) is 18.6 Å². The molecule has 1 aromatic carbocycles. The molecule has 4 nitrogen and oxygen atoms in total. The molecule has 1 unspecified atom stereocenters. The number of carbonyl (C=O) groups is 1. The number of amides is 1. The summed E-state index contributed by atoms with van der Waals surface area (Å²) in [6, 6.07) is 4.19. The monoisotopic (exact) mass is 298 g/mol. The van der Waals surface area contributed by atoms with Gasteiger partial charge in [-0.2, -0.15) is 0 Å². The Balaban J connectivity index is 2.22. The largest absolute Gasteiger partial charge is 0.411 e. The van der Waals surface area contributed by atoms with Gasteiger partial charge in [0.2, 0.25) is 0 Å². The van der Waals surface area contributed by atoms with Crippen LogP contribution in [0.15, 0.2) is 23.4 Å². The highest BCUT2D eigenvalue weighted by atomic mass is 35.5. The van der Waals surface area contributed by atoms with Gasteiger partial charge in [-0.25, -0.2) is 4.39 Å². The van der Waals surface area contributed by atoms with Gasteiger partial charge < -0.3 is 10.1 Å². The zero-order chi connectivity index (χ0) is 14.7. The van der Waals surface area contributed by atoms with Crippen LogP contribution in [0.3, 0.4) is 0 Å². The fourth-order valence-corrected chi connectivity index (χ4v) is 2.70. The molecule has 2 rings (SSSR count). The highest BCUT2D eigenvalue weighted by molar-refractivity contribution is 6.33. The van der Waals surface area contributed by atoms with E-state index in [0.717, 1.165) is 6.42 Å². The normalized spacial score (nSPS) is 21.2. The fourth-order valence-electron chi connectivity index (χ4n) is 2.46. The van der Waals surface area contributed by atoms with Gasteiger partial charge in [0.25, 0.3) is 5.91 Å². The van der Waals surface area contributed by atoms with Crippen molar-refractivity contribution < 1.29 is 14.4 Å². The van der Waals surface area contributed by atoms with E-state index in [2.05, 4.69) is 5.16 Å².